The van der Waals surface area contributed by atoms with E-state index in [4.69, 9.17) is 51.8 Å². The van der Waals surface area contributed by atoms with E-state index in [0.29, 0.717) is 5.75 Å². The van der Waals surface area contributed by atoms with Gasteiger partial charge in [0.2, 0.25) is 3.79 Å². The maximum absolute atomic E-state index is 11.8. The molecule has 3 N–H and O–H groups in total. The summed E-state index contributed by atoms with van der Waals surface area (Å²) < 4.78 is 3.20. The Hall–Kier alpha value is -1.75. The van der Waals surface area contributed by atoms with Gasteiger partial charge in [-0.1, -0.05) is 34.8 Å². The molecule has 0 spiro atoms. The molecular formula is C13H16Cl3N5O4S. The molecule has 26 heavy (non-hydrogen) atoms. The van der Waals surface area contributed by atoms with E-state index in [9.17, 15) is 14.9 Å². The molecule has 13 heteroatoms. The Labute approximate surface area is 170 Å². The van der Waals surface area contributed by atoms with E-state index in [1.807, 2.05) is 0 Å². The Morgan fingerprint density at radius 2 is 1.96 bits per heavy atom. The minimum Gasteiger partial charge on any atom is -0.495 e. The Morgan fingerprint density at radius 1 is 1.35 bits per heavy atom. The molecule has 0 saturated carbocycles. The number of urea groups is 1. The van der Waals surface area contributed by atoms with Gasteiger partial charge in [-0.25, -0.2) is 4.79 Å². The number of alkyl halides is 3. The number of nitrogens with one attached hydrogen (secondary N) is 3. The van der Waals surface area contributed by atoms with Crippen LogP contribution in [0.15, 0.2) is 18.2 Å². The topological polar surface area (TPSA) is 109 Å². The molecule has 1 aromatic rings. The van der Waals surface area contributed by atoms with Crippen molar-refractivity contribution in [1.82, 2.24) is 15.5 Å². The first-order valence-corrected chi connectivity index (χ1v) is 8.44. The van der Waals surface area contributed by atoms with Gasteiger partial charge in [0.25, 0.3) is 5.69 Å². The lowest BCUT2D eigenvalue weighted by Gasteiger charge is -2.29. The third-order valence-electron chi connectivity index (χ3n) is 2.92. The maximum Gasteiger partial charge on any atom is 0.318 e. The van der Waals surface area contributed by atoms with E-state index in [1.54, 1.807) is 0 Å². The number of rotatable bonds is 5. The molecule has 1 unspecified atom stereocenters. The van der Waals surface area contributed by atoms with Crippen LogP contribution >= 0.6 is 47.0 Å². The van der Waals surface area contributed by atoms with E-state index in [2.05, 4.69) is 16.0 Å². The summed E-state index contributed by atoms with van der Waals surface area (Å²) in [7, 11) is 4.41. The van der Waals surface area contributed by atoms with Crippen molar-refractivity contribution in [3.05, 3.63) is 28.3 Å². The molecule has 1 rings (SSSR count). The number of nitrogens with zero attached hydrogens (tertiary/aromatic N) is 2. The third kappa shape index (κ3) is 6.52. The molecule has 0 aliphatic rings. The molecule has 0 aliphatic heterocycles. The zero-order valence-corrected chi connectivity index (χ0v) is 17.0. The van der Waals surface area contributed by atoms with Crippen LogP contribution in [-0.2, 0) is 0 Å². The van der Waals surface area contributed by atoms with Crippen LogP contribution in [0.2, 0.25) is 0 Å². The Morgan fingerprint density at radius 3 is 2.42 bits per heavy atom. The summed E-state index contributed by atoms with van der Waals surface area (Å²) in [6.07, 6.45) is -1.17. The lowest BCUT2D eigenvalue weighted by atomic mass is 10.2. The molecule has 0 saturated heterocycles. The van der Waals surface area contributed by atoms with Crippen molar-refractivity contribution in [2.75, 3.05) is 26.5 Å². The predicted molar refractivity (Wildman–Crippen MR) is 105 cm³/mol. The zero-order chi connectivity index (χ0) is 20.1. The largest absolute Gasteiger partial charge is 0.495 e. The molecular weight excluding hydrogens is 429 g/mol. The Kier molecular flexibility index (Phi) is 7.94. The number of carbonyl (C=O) groups excluding carboxylic acids is 1. The first kappa shape index (κ1) is 22.3. The van der Waals surface area contributed by atoms with Gasteiger partial charge in [0, 0.05) is 26.2 Å². The number of halogens is 3. The summed E-state index contributed by atoms with van der Waals surface area (Å²) in [4.78, 5) is 23.4. The zero-order valence-electron chi connectivity index (χ0n) is 13.9. The molecule has 2 amide bonds. The van der Waals surface area contributed by atoms with Gasteiger partial charge in [-0.3, -0.25) is 10.1 Å². The van der Waals surface area contributed by atoms with Crippen molar-refractivity contribution in [3.63, 3.8) is 0 Å². The fourth-order valence-electron chi connectivity index (χ4n) is 1.65. The summed E-state index contributed by atoms with van der Waals surface area (Å²) in [5.74, 6) is 0.308. The van der Waals surface area contributed by atoms with Gasteiger partial charge in [0.05, 0.1) is 17.7 Å². The lowest BCUT2D eigenvalue weighted by Crippen LogP contribution is -2.57. The van der Waals surface area contributed by atoms with Crippen LogP contribution in [0.3, 0.4) is 0 Å². The summed E-state index contributed by atoms with van der Waals surface area (Å²) in [5, 5.41) is 18.6. The monoisotopic (exact) mass is 443 g/mol. The van der Waals surface area contributed by atoms with Gasteiger partial charge in [0.1, 0.15) is 5.75 Å². The average molecular weight is 445 g/mol. The number of methoxy groups -OCH3 is 1. The van der Waals surface area contributed by atoms with Crippen LogP contribution in [0.5, 0.6) is 5.75 Å². The van der Waals surface area contributed by atoms with Gasteiger partial charge in [-0.05, 0) is 18.3 Å². The first-order valence-electron chi connectivity index (χ1n) is 6.90. The predicted octanol–water partition coefficient (Wildman–Crippen LogP) is 2.86. The highest BCUT2D eigenvalue weighted by atomic mass is 35.6. The highest BCUT2D eigenvalue weighted by molar-refractivity contribution is 7.80. The number of anilines is 1. The van der Waals surface area contributed by atoms with Crippen LogP contribution in [-0.4, -0.2) is 52.1 Å². The van der Waals surface area contributed by atoms with Crippen molar-refractivity contribution >= 4 is 69.5 Å². The second-order valence-electron chi connectivity index (χ2n) is 5.06. The van der Waals surface area contributed by atoms with Gasteiger partial charge in [-0.2, -0.15) is 0 Å². The second-order valence-corrected chi connectivity index (χ2v) is 7.84. The van der Waals surface area contributed by atoms with Gasteiger partial charge in [0.15, 0.2) is 11.3 Å². The number of non-ortho nitro benzene ring substituents is 1. The number of hydrogen-bond donors (Lipinski definition) is 3. The Balaban J connectivity index is 2.96. The van der Waals surface area contributed by atoms with Crippen LogP contribution in [0.1, 0.15) is 0 Å². The normalized spacial score (nSPS) is 11.9. The summed E-state index contributed by atoms with van der Waals surface area (Å²) in [6.45, 7) is 0. The van der Waals surface area contributed by atoms with Crippen molar-refractivity contribution in [3.8, 4) is 5.75 Å². The molecule has 144 valence electrons. The van der Waals surface area contributed by atoms with Crippen molar-refractivity contribution < 1.29 is 14.5 Å². The number of ether oxygens (including phenoxy) is 1. The molecule has 1 atom stereocenters. The van der Waals surface area contributed by atoms with Crippen molar-refractivity contribution in [1.29, 1.82) is 0 Å². The molecule has 9 nitrogen and oxygen atoms in total. The number of nitro benzene ring substituents is 1. The number of benzene rings is 1. The fourth-order valence-corrected chi connectivity index (χ4v) is 2.20. The smallest absolute Gasteiger partial charge is 0.318 e. The summed E-state index contributed by atoms with van der Waals surface area (Å²) in [5.41, 5.74) is 0.0520. The molecule has 0 aromatic heterocycles. The van der Waals surface area contributed by atoms with Crippen LogP contribution < -0.4 is 20.7 Å². The number of carbonyl (C=O) groups is 1. The number of amides is 2. The third-order valence-corrected chi connectivity index (χ3v) is 3.79. The van der Waals surface area contributed by atoms with E-state index < -0.39 is 20.9 Å². The van der Waals surface area contributed by atoms with Crippen LogP contribution in [0, 0.1) is 10.1 Å². The van der Waals surface area contributed by atoms with Gasteiger partial charge >= 0.3 is 6.03 Å². The molecule has 0 heterocycles. The molecule has 0 bridgehead atoms. The van der Waals surface area contributed by atoms with E-state index in [0.717, 1.165) is 0 Å². The van der Waals surface area contributed by atoms with E-state index >= 15 is 0 Å². The van der Waals surface area contributed by atoms with E-state index in [1.165, 1.54) is 44.3 Å². The van der Waals surface area contributed by atoms with Crippen molar-refractivity contribution in [2.24, 2.45) is 0 Å². The van der Waals surface area contributed by atoms with Crippen LogP contribution in [0.25, 0.3) is 0 Å². The second kappa shape index (κ2) is 9.26. The first-order chi connectivity index (χ1) is 12.0. The summed E-state index contributed by atoms with van der Waals surface area (Å²) >= 11 is 22.7. The minimum atomic E-state index is -1.93. The quantitative estimate of drug-likeness (QED) is 0.211. The van der Waals surface area contributed by atoms with Gasteiger partial charge < -0.3 is 25.6 Å². The highest BCUT2D eigenvalue weighted by Crippen LogP contribution is 2.31. The standard InChI is InChI=1S/C13H16Cl3N5O4S/c1-20(2)12(22)19-10(13(14,15)16)18-11(26)17-8-6-7(21(23)24)4-5-9(8)25-3/h4-6,10H,1-3H3,(H,19,22)(H2,17,18,26). The van der Waals surface area contributed by atoms with E-state index in [-0.39, 0.29) is 16.5 Å². The highest BCUT2D eigenvalue weighted by Gasteiger charge is 2.35. The van der Waals surface area contributed by atoms with Gasteiger partial charge in [-0.15, -0.1) is 0 Å². The number of thiocarbonyl (C=S) groups is 1. The maximum atomic E-state index is 11.8. The number of nitro groups is 1. The molecule has 1 aromatic carbocycles. The van der Waals surface area contributed by atoms with Crippen LogP contribution in [0.4, 0.5) is 16.2 Å². The minimum absolute atomic E-state index is 0.0563. The Bertz CT molecular complexity index is 699. The molecule has 0 fully saturated rings. The number of hydrogen-bond acceptors (Lipinski definition) is 5. The lowest BCUT2D eigenvalue weighted by molar-refractivity contribution is -0.384. The fraction of sp³-hybridized carbons (Fsp3) is 0.385. The van der Waals surface area contributed by atoms with Crippen molar-refractivity contribution in [2.45, 2.75) is 9.96 Å². The average Bonchev–Trinajstić information content (AvgIpc) is 2.52. The molecule has 0 aliphatic carbocycles. The summed E-state index contributed by atoms with van der Waals surface area (Å²) in [6, 6.07) is 3.39. The SMILES string of the molecule is COc1ccc([N+](=O)[O-])cc1NC(=S)NC(NC(=O)N(C)C)C(Cl)(Cl)Cl. The molecule has 0 radical (unpaired) electrons.